The van der Waals surface area contributed by atoms with Crippen molar-refractivity contribution in [2.24, 2.45) is 0 Å². The van der Waals surface area contributed by atoms with Crippen molar-refractivity contribution < 1.29 is 28.7 Å². The van der Waals surface area contributed by atoms with Gasteiger partial charge in [-0.15, -0.1) is 0 Å². The highest BCUT2D eigenvalue weighted by molar-refractivity contribution is 5.95. The smallest absolute Gasteiger partial charge is 0.338 e. The van der Waals surface area contributed by atoms with Crippen LogP contribution in [0.3, 0.4) is 0 Å². The Bertz CT molecular complexity index is 1070. The fourth-order valence-corrected chi connectivity index (χ4v) is 3.37. The van der Waals surface area contributed by atoms with E-state index in [1.54, 1.807) is 13.8 Å². The summed E-state index contributed by atoms with van der Waals surface area (Å²) in [5, 5.41) is 16.8. The number of rotatable bonds is 8. The maximum Gasteiger partial charge on any atom is 0.338 e. The number of nitro groups is 1. The zero-order valence-corrected chi connectivity index (χ0v) is 17.8. The van der Waals surface area contributed by atoms with Gasteiger partial charge in [-0.3, -0.25) is 10.1 Å². The molecule has 1 aliphatic rings. The monoisotopic (exact) mass is 441 g/mol. The van der Waals surface area contributed by atoms with E-state index in [4.69, 9.17) is 14.2 Å². The second-order valence-corrected chi connectivity index (χ2v) is 6.89. The number of hydrogen-bond acceptors (Lipinski definition) is 7. The number of carbonyl (C=O) groups is 2. The first-order valence-corrected chi connectivity index (χ1v) is 9.84. The summed E-state index contributed by atoms with van der Waals surface area (Å²) in [6, 6.07) is 10.3. The van der Waals surface area contributed by atoms with Crippen molar-refractivity contribution in [3.63, 3.8) is 0 Å². The molecule has 1 unspecified atom stereocenters. The minimum atomic E-state index is -0.990. The molecule has 2 amide bonds. The molecule has 0 saturated heterocycles. The Hall–Kier alpha value is -4.08. The number of amides is 2. The summed E-state index contributed by atoms with van der Waals surface area (Å²) in [7, 11) is 1.35. The van der Waals surface area contributed by atoms with Crippen LogP contribution in [0, 0.1) is 10.1 Å². The van der Waals surface area contributed by atoms with E-state index in [-0.39, 0.29) is 47.2 Å². The number of esters is 1. The first kappa shape index (κ1) is 22.6. The van der Waals surface area contributed by atoms with Gasteiger partial charge in [0, 0.05) is 11.8 Å². The third-order valence-corrected chi connectivity index (χ3v) is 4.80. The summed E-state index contributed by atoms with van der Waals surface area (Å²) in [4.78, 5) is 36.2. The van der Waals surface area contributed by atoms with Crippen LogP contribution in [0.4, 0.5) is 10.5 Å². The maximum absolute atomic E-state index is 13.0. The molecular weight excluding hydrogens is 418 g/mol. The molecule has 0 spiro atoms. The SMILES string of the molecule is CCOc1c(OC)cc(C2NC(=O)NC(C)=C2C(=O)OCc2ccccc2)cc1[N+](=O)[O-]. The van der Waals surface area contributed by atoms with Gasteiger partial charge < -0.3 is 24.8 Å². The Morgan fingerprint density at radius 1 is 1.22 bits per heavy atom. The Morgan fingerprint density at radius 3 is 2.56 bits per heavy atom. The number of hydrogen-bond donors (Lipinski definition) is 2. The summed E-state index contributed by atoms with van der Waals surface area (Å²) in [5.41, 5.74) is 1.14. The van der Waals surface area contributed by atoms with E-state index in [9.17, 15) is 19.7 Å². The molecule has 0 aromatic heterocycles. The van der Waals surface area contributed by atoms with Gasteiger partial charge in [0.15, 0.2) is 5.75 Å². The highest BCUT2D eigenvalue weighted by atomic mass is 16.6. The molecule has 10 nitrogen and oxygen atoms in total. The third kappa shape index (κ3) is 4.80. The van der Waals surface area contributed by atoms with Gasteiger partial charge in [0.1, 0.15) is 6.61 Å². The Balaban J connectivity index is 2.01. The predicted octanol–water partition coefficient (Wildman–Crippen LogP) is 3.37. The number of nitrogens with one attached hydrogen (secondary N) is 2. The van der Waals surface area contributed by atoms with Gasteiger partial charge in [0.2, 0.25) is 5.75 Å². The molecule has 2 N–H and O–H groups in total. The number of benzene rings is 2. The lowest BCUT2D eigenvalue weighted by molar-refractivity contribution is -0.386. The summed E-state index contributed by atoms with van der Waals surface area (Å²) in [6.07, 6.45) is 0. The summed E-state index contributed by atoms with van der Waals surface area (Å²) in [5.74, 6) is -0.587. The van der Waals surface area contributed by atoms with Crippen LogP contribution in [0.2, 0.25) is 0 Å². The third-order valence-electron chi connectivity index (χ3n) is 4.80. The molecular formula is C22H23N3O7. The van der Waals surface area contributed by atoms with Crippen molar-refractivity contribution in [2.75, 3.05) is 13.7 Å². The molecule has 1 aliphatic heterocycles. The minimum Gasteiger partial charge on any atom is -0.493 e. The molecule has 32 heavy (non-hydrogen) atoms. The number of nitrogens with zero attached hydrogens (tertiary/aromatic N) is 1. The molecule has 0 bridgehead atoms. The van der Waals surface area contributed by atoms with Crippen molar-refractivity contribution in [3.05, 3.63) is 75.0 Å². The number of allylic oxidation sites excluding steroid dienone is 1. The Kier molecular flexibility index (Phi) is 6.93. The number of ether oxygens (including phenoxy) is 3. The highest BCUT2D eigenvalue weighted by Crippen LogP contribution is 2.41. The van der Waals surface area contributed by atoms with Crippen LogP contribution in [0.5, 0.6) is 11.5 Å². The topological polar surface area (TPSA) is 129 Å². The fraction of sp³-hybridized carbons (Fsp3) is 0.273. The zero-order chi connectivity index (χ0) is 23.3. The summed E-state index contributed by atoms with van der Waals surface area (Å²) in [6.45, 7) is 3.47. The molecule has 1 heterocycles. The largest absolute Gasteiger partial charge is 0.493 e. The number of urea groups is 1. The van der Waals surface area contributed by atoms with Crippen LogP contribution >= 0.6 is 0 Å². The maximum atomic E-state index is 13.0. The van der Waals surface area contributed by atoms with E-state index in [1.807, 2.05) is 30.3 Å². The summed E-state index contributed by atoms with van der Waals surface area (Å²) >= 11 is 0. The van der Waals surface area contributed by atoms with Gasteiger partial charge in [-0.1, -0.05) is 30.3 Å². The fourth-order valence-electron chi connectivity index (χ4n) is 3.37. The summed E-state index contributed by atoms with van der Waals surface area (Å²) < 4.78 is 16.1. The van der Waals surface area contributed by atoms with Gasteiger partial charge in [0.25, 0.3) is 0 Å². The second kappa shape index (κ2) is 9.82. The van der Waals surface area contributed by atoms with Crippen molar-refractivity contribution in [1.82, 2.24) is 10.6 Å². The number of carbonyl (C=O) groups excluding carboxylic acids is 2. The second-order valence-electron chi connectivity index (χ2n) is 6.89. The number of methoxy groups -OCH3 is 1. The molecule has 3 rings (SSSR count). The van der Waals surface area contributed by atoms with Crippen LogP contribution < -0.4 is 20.1 Å². The first-order valence-electron chi connectivity index (χ1n) is 9.84. The lowest BCUT2D eigenvalue weighted by atomic mass is 9.94. The van der Waals surface area contributed by atoms with E-state index in [0.717, 1.165) is 5.56 Å². The van der Waals surface area contributed by atoms with E-state index >= 15 is 0 Å². The lowest BCUT2D eigenvalue weighted by Crippen LogP contribution is -2.45. The van der Waals surface area contributed by atoms with Gasteiger partial charge in [-0.05, 0) is 31.0 Å². The molecule has 10 heteroatoms. The van der Waals surface area contributed by atoms with E-state index in [0.29, 0.717) is 0 Å². The van der Waals surface area contributed by atoms with Crippen LogP contribution in [0.15, 0.2) is 53.7 Å². The highest BCUT2D eigenvalue weighted by Gasteiger charge is 2.35. The average molecular weight is 441 g/mol. The van der Waals surface area contributed by atoms with Gasteiger partial charge in [-0.25, -0.2) is 9.59 Å². The van der Waals surface area contributed by atoms with E-state index in [2.05, 4.69) is 10.6 Å². The molecule has 1 atom stereocenters. The van der Waals surface area contributed by atoms with E-state index in [1.165, 1.54) is 19.2 Å². The van der Waals surface area contributed by atoms with Gasteiger partial charge in [0.05, 0.1) is 30.3 Å². The van der Waals surface area contributed by atoms with Crippen molar-refractivity contribution >= 4 is 17.7 Å². The first-order chi connectivity index (χ1) is 15.3. The van der Waals surface area contributed by atoms with Crippen LogP contribution in [0.25, 0.3) is 0 Å². The molecule has 2 aromatic rings. The predicted molar refractivity (Wildman–Crippen MR) is 114 cm³/mol. The molecule has 0 saturated carbocycles. The molecule has 2 aromatic carbocycles. The van der Waals surface area contributed by atoms with Crippen molar-refractivity contribution in [3.8, 4) is 11.5 Å². The quantitative estimate of drug-likeness (QED) is 0.365. The molecule has 168 valence electrons. The number of nitro benzene ring substituents is 1. The molecule has 0 radical (unpaired) electrons. The Morgan fingerprint density at radius 2 is 1.94 bits per heavy atom. The van der Waals surface area contributed by atoms with Crippen LogP contribution in [-0.2, 0) is 16.1 Å². The lowest BCUT2D eigenvalue weighted by Gasteiger charge is -2.28. The van der Waals surface area contributed by atoms with Crippen LogP contribution in [0.1, 0.15) is 31.0 Å². The van der Waals surface area contributed by atoms with E-state index < -0.39 is 23.0 Å². The standard InChI is InChI=1S/C22H23N3O7/c1-4-31-20-16(25(28)29)10-15(11-17(20)30-3)19-18(13(2)23-22(27)24-19)21(26)32-12-14-8-6-5-7-9-14/h5-11,19H,4,12H2,1-3H3,(H2,23,24,27). The van der Waals surface area contributed by atoms with Crippen LogP contribution in [-0.4, -0.2) is 30.6 Å². The van der Waals surface area contributed by atoms with Crippen molar-refractivity contribution in [1.29, 1.82) is 0 Å². The molecule has 0 fully saturated rings. The Labute approximate surface area is 184 Å². The molecule has 0 aliphatic carbocycles. The van der Waals surface area contributed by atoms with Gasteiger partial charge in [-0.2, -0.15) is 0 Å². The minimum absolute atomic E-state index is 0.0297. The zero-order valence-electron chi connectivity index (χ0n) is 17.8. The normalized spacial score (nSPS) is 15.5. The van der Waals surface area contributed by atoms with Crippen molar-refractivity contribution in [2.45, 2.75) is 26.5 Å². The average Bonchev–Trinajstić information content (AvgIpc) is 2.77. The van der Waals surface area contributed by atoms with Gasteiger partial charge >= 0.3 is 17.7 Å².